The number of rotatable bonds is 10. The summed E-state index contributed by atoms with van der Waals surface area (Å²) in [4.78, 5) is 9.00. The molecule has 1 rings (SSSR count). The van der Waals surface area contributed by atoms with Gasteiger partial charge in [-0.25, -0.2) is 9.97 Å². The van der Waals surface area contributed by atoms with Crippen LogP contribution in [0.25, 0.3) is 0 Å². The maximum absolute atomic E-state index is 5.41. The summed E-state index contributed by atoms with van der Waals surface area (Å²) in [6.45, 7) is 12.7. The Bertz CT molecular complexity index is 411. The van der Waals surface area contributed by atoms with Gasteiger partial charge in [0.1, 0.15) is 18.2 Å². The first-order valence-corrected chi connectivity index (χ1v) is 8.05. The first-order valence-electron chi connectivity index (χ1n) is 8.05. The fourth-order valence-electron chi connectivity index (χ4n) is 2.18. The number of nitrogens with zero attached hydrogens (tertiary/aromatic N) is 2. The highest BCUT2D eigenvalue weighted by Gasteiger charge is 2.10. The molecule has 2 unspecified atom stereocenters. The number of ether oxygens (including phenoxy) is 1. The molecule has 0 saturated heterocycles. The van der Waals surface area contributed by atoms with Crippen molar-refractivity contribution < 1.29 is 4.74 Å². The number of hydrogen-bond acceptors (Lipinski definition) is 5. The molecule has 0 aliphatic rings. The highest BCUT2D eigenvalue weighted by molar-refractivity contribution is 5.47. The zero-order valence-electron chi connectivity index (χ0n) is 14.1. The van der Waals surface area contributed by atoms with Gasteiger partial charge < -0.3 is 15.4 Å². The van der Waals surface area contributed by atoms with Crippen LogP contribution < -0.4 is 10.6 Å². The van der Waals surface area contributed by atoms with Gasteiger partial charge in [0.2, 0.25) is 0 Å². The third kappa shape index (κ3) is 6.76. The van der Waals surface area contributed by atoms with Gasteiger partial charge in [-0.2, -0.15) is 0 Å². The molecule has 120 valence electrons. The van der Waals surface area contributed by atoms with Crippen molar-refractivity contribution in [2.75, 3.05) is 23.8 Å². The van der Waals surface area contributed by atoms with Gasteiger partial charge in [-0.3, -0.25) is 0 Å². The molecule has 2 N–H and O–H groups in total. The average Bonchev–Trinajstić information content (AvgIpc) is 2.45. The number of anilines is 2. The van der Waals surface area contributed by atoms with Crippen LogP contribution in [0.15, 0.2) is 6.07 Å². The molecule has 0 fully saturated rings. The number of nitrogens with one attached hydrogen (secondary N) is 2. The molecule has 5 heteroatoms. The van der Waals surface area contributed by atoms with Crippen LogP contribution in [0.3, 0.4) is 0 Å². The molecule has 0 spiro atoms. The van der Waals surface area contributed by atoms with Gasteiger partial charge in [0.15, 0.2) is 5.82 Å². The molecule has 0 radical (unpaired) electrons. The van der Waals surface area contributed by atoms with E-state index in [-0.39, 0.29) is 0 Å². The zero-order chi connectivity index (χ0) is 15.7. The van der Waals surface area contributed by atoms with Crippen molar-refractivity contribution in [2.24, 2.45) is 5.92 Å². The van der Waals surface area contributed by atoms with Gasteiger partial charge in [0, 0.05) is 25.3 Å². The standard InChI is InChI=1S/C16H30N4O/c1-6-12(4)9-13(5)18-15-10-14(17-7-2)19-16(20-15)11-21-8-3/h10,12-13H,6-9,11H2,1-5H3,(H2,17,18,19,20). The van der Waals surface area contributed by atoms with Gasteiger partial charge in [-0.15, -0.1) is 0 Å². The van der Waals surface area contributed by atoms with Gasteiger partial charge >= 0.3 is 0 Å². The lowest BCUT2D eigenvalue weighted by Crippen LogP contribution is -2.20. The van der Waals surface area contributed by atoms with Crippen LogP contribution in [-0.2, 0) is 11.3 Å². The molecule has 5 nitrogen and oxygen atoms in total. The first kappa shape index (κ1) is 17.7. The van der Waals surface area contributed by atoms with E-state index in [2.05, 4.69) is 48.3 Å². The monoisotopic (exact) mass is 294 g/mol. The fourth-order valence-corrected chi connectivity index (χ4v) is 2.18. The number of hydrogen-bond donors (Lipinski definition) is 2. The highest BCUT2D eigenvalue weighted by atomic mass is 16.5. The molecule has 0 aliphatic carbocycles. The minimum Gasteiger partial charge on any atom is -0.374 e. The van der Waals surface area contributed by atoms with Crippen LogP contribution in [0.1, 0.15) is 53.3 Å². The molecule has 0 aliphatic heterocycles. The van der Waals surface area contributed by atoms with Crippen LogP contribution in [-0.4, -0.2) is 29.2 Å². The average molecular weight is 294 g/mol. The van der Waals surface area contributed by atoms with Gasteiger partial charge in [0.05, 0.1) is 0 Å². The molecule has 0 bridgehead atoms. The first-order chi connectivity index (χ1) is 10.1. The molecule has 21 heavy (non-hydrogen) atoms. The Labute approximate surface area is 128 Å². The van der Waals surface area contributed by atoms with Crippen molar-refractivity contribution >= 4 is 11.6 Å². The highest BCUT2D eigenvalue weighted by Crippen LogP contribution is 2.16. The van der Waals surface area contributed by atoms with E-state index in [1.807, 2.05) is 13.0 Å². The van der Waals surface area contributed by atoms with Gasteiger partial charge in [0.25, 0.3) is 0 Å². The zero-order valence-corrected chi connectivity index (χ0v) is 14.1. The Morgan fingerprint density at radius 1 is 1.14 bits per heavy atom. The van der Waals surface area contributed by atoms with Crippen LogP contribution in [0.4, 0.5) is 11.6 Å². The summed E-state index contributed by atoms with van der Waals surface area (Å²) >= 11 is 0. The van der Waals surface area contributed by atoms with E-state index in [1.54, 1.807) is 0 Å². The molecule has 1 aromatic heterocycles. The molecule has 1 heterocycles. The number of aromatic nitrogens is 2. The van der Waals surface area contributed by atoms with Crippen molar-refractivity contribution in [3.63, 3.8) is 0 Å². The lowest BCUT2D eigenvalue weighted by Gasteiger charge is -2.19. The maximum Gasteiger partial charge on any atom is 0.158 e. The second-order valence-corrected chi connectivity index (χ2v) is 5.52. The lowest BCUT2D eigenvalue weighted by molar-refractivity contribution is 0.128. The quantitative estimate of drug-likeness (QED) is 0.689. The second kappa shape index (κ2) is 9.55. The second-order valence-electron chi connectivity index (χ2n) is 5.52. The van der Waals surface area contributed by atoms with E-state index in [4.69, 9.17) is 4.74 Å². The van der Waals surface area contributed by atoms with E-state index in [0.717, 1.165) is 24.6 Å². The van der Waals surface area contributed by atoms with Crippen molar-refractivity contribution in [3.05, 3.63) is 11.9 Å². The molecule has 0 aromatic carbocycles. The van der Waals surface area contributed by atoms with E-state index in [9.17, 15) is 0 Å². The summed E-state index contributed by atoms with van der Waals surface area (Å²) in [7, 11) is 0. The van der Waals surface area contributed by atoms with Crippen molar-refractivity contribution in [1.29, 1.82) is 0 Å². The van der Waals surface area contributed by atoms with E-state index < -0.39 is 0 Å². The summed E-state index contributed by atoms with van der Waals surface area (Å²) in [5.41, 5.74) is 0. The summed E-state index contributed by atoms with van der Waals surface area (Å²) in [6, 6.07) is 2.36. The lowest BCUT2D eigenvalue weighted by atomic mass is 10.0. The molecule has 0 saturated carbocycles. The van der Waals surface area contributed by atoms with Crippen LogP contribution in [0.2, 0.25) is 0 Å². The third-order valence-corrected chi connectivity index (χ3v) is 3.41. The normalized spacial score (nSPS) is 13.8. The fraction of sp³-hybridized carbons (Fsp3) is 0.750. The SMILES string of the molecule is CCNc1cc(NC(C)CC(C)CC)nc(COCC)n1. The molecule has 0 amide bonds. The van der Waals surface area contributed by atoms with Gasteiger partial charge in [-0.05, 0) is 33.1 Å². The summed E-state index contributed by atoms with van der Waals surface area (Å²) < 4.78 is 5.41. The van der Waals surface area contributed by atoms with Crippen LogP contribution in [0.5, 0.6) is 0 Å². The van der Waals surface area contributed by atoms with E-state index in [0.29, 0.717) is 31.0 Å². The Kier molecular flexibility index (Phi) is 8.05. The molecular formula is C16H30N4O. The molecule has 1 aromatic rings. The predicted molar refractivity (Wildman–Crippen MR) is 88.7 cm³/mol. The van der Waals surface area contributed by atoms with E-state index in [1.165, 1.54) is 6.42 Å². The Hall–Kier alpha value is -1.36. The topological polar surface area (TPSA) is 59.1 Å². The van der Waals surface area contributed by atoms with Crippen LogP contribution >= 0.6 is 0 Å². The summed E-state index contributed by atoms with van der Waals surface area (Å²) in [5.74, 6) is 3.14. The molecule has 2 atom stereocenters. The minimum atomic E-state index is 0.393. The van der Waals surface area contributed by atoms with Gasteiger partial charge in [-0.1, -0.05) is 20.3 Å². The smallest absolute Gasteiger partial charge is 0.158 e. The maximum atomic E-state index is 5.41. The predicted octanol–water partition coefficient (Wildman–Crippen LogP) is 3.68. The minimum absolute atomic E-state index is 0.393. The van der Waals surface area contributed by atoms with Crippen molar-refractivity contribution in [2.45, 2.75) is 60.1 Å². The van der Waals surface area contributed by atoms with Crippen molar-refractivity contribution in [1.82, 2.24) is 9.97 Å². The van der Waals surface area contributed by atoms with Crippen LogP contribution in [0, 0.1) is 5.92 Å². The van der Waals surface area contributed by atoms with Crippen molar-refractivity contribution in [3.8, 4) is 0 Å². The third-order valence-electron chi connectivity index (χ3n) is 3.41. The summed E-state index contributed by atoms with van der Waals surface area (Å²) in [5, 5.41) is 6.72. The largest absolute Gasteiger partial charge is 0.374 e. The Balaban J connectivity index is 2.76. The summed E-state index contributed by atoms with van der Waals surface area (Å²) in [6.07, 6.45) is 2.34. The van der Waals surface area contributed by atoms with E-state index >= 15 is 0 Å². The Morgan fingerprint density at radius 3 is 2.48 bits per heavy atom. The Morgan fingerprint density at radius 2 is 1.86 bits per heavy atom. The molecular weight excluding hydrogens is 264 g/mol.